The Labute approximate surface area is 170 Å². The average Bonchev–Trinajstić information content (AvgIpc) is 3.26. The Balaban J connectivity index is 1.69. The van der Waals surface area contributed by atoms with Crippen molar-refractivity contribution in [3.8, 4) is 22.1 Å². The van der Waals surface area contributed by atoms with Gasteiger partial charge in [0.2, 0.25) is 0 Å². The van der Waals surface area contributed by atoms with Gasteiger partial charge in [-0.05, 0) is 42.6 Å². The van der Waals surface area contributed by atoms with E-state index in [1.165, 1.54) is 18.2 Å². The number of phenolic OH excluding ortho intramolecular Hbond substituents is 2. The third-order valence-electron chi connectivity index (χ3n) is 4.43. The van der Waals surface area contributed by atoms with Gasteiger partial charge in [-0.1, -0.05) is 24.3 Å². The monoisotopic (exact) mass is 403 g/mol. The molecular weight excluding hydrogens is 386 g/mol. The molecule has 0 fully saturated rings. The van der Waals surface area contributed by atoms with E-state index in [1.807, 2.05) is 41.8 Å². The molecule has 2 aromatic carbocycles. The summed E-state index contributed by atoms with van der Waals surface area (Å²) in [6.45, 7) is 1.66. The normalized spacial score (nSPS) is 11.6. The number of hydrazone groups is 1. The van der Waals surface area contributed by atoms with Crippen LogP contribution < -0.4 is 5.43 Å². The van der Waals surface area contributed by atoms with Gasteiger partial charge in [-0.15, -0.1) is 11.3 Å². The molecule has 144 valence electrons. The minimum atomic E-state index is -0.376. The minimum Gasteiger partial charge on any atom is -0.508 e. The Hall–Kier alpha value is -3.71. The summed E-state index contributed by atoms with van der Waals surface area (Å²) in [7, 11) is 0. The topological polar surface area (TPSA) is 94.8 Å². The number of nitrogens with one attached hydrogen (secondary N) is 1. The predicted octanol–water partition coefficient (Wildman–Crippen LogP) is 4.53. The average molecular weight is 403 g/mol. The van der Waals surface area contributed by atoms with E-state index in [9.17, 15) is 15.0 Å². The molecule has 4 aromatic rings. The van der Waals surface area contributed by atoms with Crippen molar-refractivity contribution < 1.29 is 15.0 Å². The molecule has 2 heterocycles. The lowest BCUT2D eigenvalue weighted by Crippen LogP contribution is -2.20. The second kappa shape index (κ2) is 7.73. The van der Waals surface area contributed by atoms with Gasteiger partial charge in [-0.3, -0.25) is 4.79 Å². The summed E-state index contributed by atoms with van der Waals surface area (Å²) in [6, 6.07) is 17.3. The van der Waals surface area contributed by atoms with Crippen molar-refractivity contribution in [1.82, 2.24) is 10.4 Å². The van der Waals surface area contributed by atoms with Crippen molar-refractivity contribution in [2.45, 2.75) is 6.92 Å². The van der Waals surface area contributed by atoms with Crippen LogP contribution in [0.3, 0.4) is 0 Å². The van der Waals surface area contributed by atoms with Gasteiger partial charge in [0.15, 0.2) is 0 Å². The van der Waals surface area contributed by atoms with Gasteiger partial charge in [0, 0.05) is 17.0 Å². The van der Waals surface area contributed by atoms with Crippen molar-refractivity contribution in [3.63, 3.8) is 0 Å². The van der Waals surface area contributed by atoms with Crippen molar-refractivity contribution >= 4 is 33.9 Å². The summed E-state index contributed by atoms with van der Waals surface area (Å²) < 4.78 is 0. The number of pyridine rings is 1. The van der Waals surface area contributed by atoms with Gasteiger partial charge in [0.05, 0.1) is 27.4 Å². The lowest BCUT2D eigenvalue weighted by Gasteiger charge is -2.09. The van der Waals surface area contributed by atoms with Crippen LogP contribution >= 0.6 is 11.3 Å². The van der Waals surface area contributed by atoms with Crippen molar-refractivity contribution in [2.75, 3.05) is 0 Å². The van der Waals surface area contributed by atoms with E-state index >= 15 is 0 Å². The van der Waals surface area contributed by atoms with Gasteiger partial charge in [-0.25, -0.2) is 10.4 Å². The lowest BCUT2D eigenvalue weighted by atomic mass is 10.1. The molecule has 2 aromatic heterocycles. The molecule has 0 aliphatic rings. The molecule has 0 spiro atoms. The second-order valence-corrected chi connectivity index (χ2v) is 7.34. The van der Waals surface area contributed by atoms with E-state index in [1.54, 1.807) is 24.3 Å². The van der Waals surface area contributed by atoms with Crippen LogP contribution in [0.15, 0.2) is 71.1 Å². The number of carbonyl (C=O) groups excluding carboxylic acids is 1. The Bertz CT molecular complexity index is 1230. The van der Waals surface area contributed by atoms with E-state index in [0.717, 1.165) is 21.5 Å². The predicted molar refractivity (Wildman–Crippen MR) is 115 cm³/mol. The number of fused-ring (bicyclic) bond motifs is 1. The first-order valence-corrected chi connectivity index (χ1v) is 9.71. The Morgan fingerprint density at radius 2 is 1.86 bits per heavy atom. The fraction of sp³-hybridized carbons (Fsp3) is 0.0455. The minimum absolute atomic E-state index is 0.0487. The summed E-state index contributed by atoms with van der Waals surface area (Å²) in [4.78, 5) is 18.5. The molecule has 6 nitrogen and oxygen atoms in total. The van der Waals surface area contributed by atoms with Crippen LogP contribution in [-0.4, -0.2) is 26.8 Å². The van der Waals surface area contributed by atoms with Crippen LogP contribution in [0, 0.1) is 0 Å². The molecule has 7 heteroatoms. The zero-order valence-corrected chi connectivity index (χ0v) is 16.3. The second-order valence-electron chi connectivity index (χ2n) is 6.39. The first kappa shape index (κ1) is 18.6. The summed E-state index contributed by atoms with van der Waals surface area (Å²) in [5.41, 5.74) is 5.29. The number of para-hydroxylation sites is 1. The zero-order valence-electron chi connectivity index (χ0n) is 15.5. The largest absolute Gasteiger partial charge is 0.508 e. The van der Waals surface area contributed by atoms with E-state index in [2.05, 4.69) is 15.5 Å². The fourth-order valence-electron chi connectivity index (χ4n) is 2.99. The fourth-order valence-corrected chi connectivity index (χ4v) is 3.68. The highest BCUT2D eigenvalue weighted by atomic mass is 32.1. The third-order valence-corrected chi connectivity index (χ3v) is 5.32. The molecule has 0 bridgehead atoms. The number of amides is 1. The maximum Gasteiger partial charge on any atom is 0.272 e. The highest BCUT2D eigenvalue weighted by Gasteiger charge is 2.14. The van der Waals surface area contributed by atoms with Gasteiger partial charge in [-0.2, -0.15) is 5.10 Å². The number of phenols is 2. The molecule has 1 amide bonds. The number of nitrogens with zero attached hydrogens (tertiary/aromatic N) is 2. The summed E-state index contributed by atoms with van der Waals surface area (Å²) >= 11 is 1.55. The van der Waals surface area contributed by atoms with Crippen molar-refractivity contribution in [1.29, 1.82) is 0 Å². The van der Waals surface area contributed by atoms with Crippen molar-refractivity contribution in [3.05, 3.63) is 77.2 Å². The molecule has 0 aliphatic heterocycles. The molecule has 3 N–H and O–H groups in total. The molecular formula is C22H17N3O3S. The van der Waals surface area contributed by atoms with Gasteiger partial charge in [0.1, 0.15) is 11.5 Å². The first-order chi connectivity index (χ1) is 14.0. The lowest BCUT2D eigenvalue weighted by molar-refractivity contribution is 0.0956. The quantitative estimate of drug-likeness (QED) is 0.345. The van der Waals surface area contributed by atoms with Crippen LogP contribution in [0.4, 0.5) is 0 Å². The molecule has 0 aliphatic carbocycles. The summed E-state index contributed by atoms with van der Waals surface area (Å²) in [6.07, 6.45) is 0. The Morgan fingerprint density at radius 1 is 1.03 bits per heavy atom. The smallest absolute Gasteiger partial charge is 0.272 e. The molecule has 29 heavy (non-hydrogen) atoms. The number of aromatic nitrogens is 1. The van der Waals surface area contributed by atoms with Gasteiger partial charge in [0.25, 0.3) is 5.91 Å². The van der Waals surface area contributed by atoms with Crippen LogP contribution in [0.1, 0.15) is 22.8 Å². The SMILES string of the molecule is C/C(=N/NC(=O)c1cc(-c2cccs2)nc2ccccc12)c1ccc(O)cc1O. The number of hydrogen-bond acceptors (Lipinski definition) is 6. The number of aromatic hydroxyl groups is 2. The molecule has 0 saturated carbocycles. The molecule has 4 rings (SSSR count). The highest BCUT2D eigenvalue weighted by molar-refractivity contribution is 7.13. The number of carbonyl (C=O) groups is 1. The number of rotatable bonds is 4. The highest BCUT2D eigenvalue weighted by Crippen LogP contribution is 2.28. The van der Waals surface area contributed by atoms with E-state index in [0.29, 0.717) is 16.8 Å². The zero-order chi connectivity index (χ0) is 20.4. The standard InChI is InChI=1S/C22H17N3O3S/c1-13(15-9-8-14(26)11-20(15)27)24-25-22(28)17-12-19(21-7-4-10-29-21)23-18-6-3-2-5-16(17)18/h2-12,26-27H,1H3,(H,25,28)/b24-13-. The first-order valence-electron chi connectivity index (χ1n) is 8.83. The third kappa shape index (κ3) is 3.81. The van der Waals surface area contributed by atoms with Crippen molar-refractivity contribution in [2.24, 2.45) is 5.10 Å². The molecule has 0 radical (unpaired) electrons. The number of hydrogen-bond donors (Lipinski definition) is 3. The van der Waals surface area contributed by atoms with Crippen LogP contribution in [0.5, 0.6) is 11.5 Å². The van der Waals surface area contributed by atoms with Gasteiger partial charge >= 0.3 is 0 Å². The van der Waals surface area contributed by atoms with E-state index in [4.69, 9.17) is 0 Å². The maximum absolute atomic E-state index is 12.9. The Kier molecular flexibility index (Phi) is 4.97. The summed E-state index contributed by atoms with van der Waals surface area (Å²) in [5, 5.41) is 26.2. The Morgan fingerprint density at radius 3 is 2.62 bits per heavy atom. The molecule has 0 saturated heterocycles. The molecule has 0 unspecified atom stereocenters. The van der Waals surface area contributed by atoms with Crippen LogP contribution in [0.25, 0.3) is 21.5 Å². The summed E-state index contributed by atoms with van der Waals surface area (Å²) in [5.74, 6) is -0.540. The van der Waals surface area contributed by atoms with Crippen LogP contribution in [0.2, 0.25) is 0 Å². The number of thiophene rings is 1. The van der Waals surface area contributed by atoms with E-state index < -0.39 is 0 Å². The van der Waals surface area contributed by atoms with E-state index in [-0.39, 0.29) is 17.4 Å². The maximum atomic E-state index is 12.9. The van der Waals surface area contributed by atoms with Gasteiger partial charge < -0.3 is 10.2 Å². The molecule has 0 atom stereocenters. The van der Waals surface area contributed by atoms with Crippen LogP contribution in [-0.2, 0) is 0 Å². The number of benzene rings is 2.